The SMILES string of the molecule is NS(=O)(=O)c1ccc(CCNS(=O)(=O)c2ccc(F)c(C(F)(F)F)c2)cc1. The van der Waals surface area contributed by atoms with Crippen LogP contribution in [-0.2, 0) is 32.6 Å². The van der Waals surface area contributed by atoms with Gasteiger partial charge in [-0.2, -0.15) is 13.2 Å². The minimum Gasteiger partial charge on any atom is -0.225 e. The molecule has 0 spiro atoms. The van der Waals surface area contributed by atoms with Crippen molar-refractivity contribution in [2.24, 2.45) is 5.14 Å². The number of halogens is 4. The summed E-state index contributed by atoms with van der Waals surface area (Å²) in [5.41, 5.74) is -1.11. The second-order valence-electron chi connectivity index (χ2n) is 5.48. The van der Waals surface area contributed by atoms with Gasteiger partial charge in [-0.3, -0.25) is 0 Å². The van der Waals surface area contributed by atoms with Crippen molar-refractivity contribution < 1.29 is 34.4 Å². The highest BCUT2D eigenvalue weighted by atomic mass is 32.2. The molecule has 0 unspecified atom stereocenters. The Bertz CT molecular complexity index is 1030. The lowest BCUT2D eigenvalue weighted by Gasteiger charge is -2.11. The summed E-state index contributed by atoms with van der Waals surface area (Å²) >= 11 is 0. The van der Waals surface area contributed by atoms with Gasteiger partial charge >= 0.3 is 6.18 Å². The zero-order valence-corrected chi connectivity index (χ0v) is 15.1. The van der Waals surface area contributed by atoms with E-state index in [0.717, 1.165) is 6.07 Å². The van der Waals surface area contributed by atoms with E-state index in [2.05, 4.69) is 4.72 Å². The molecule has 2 aromatic carbocycles. The van der Waals surface area contributed by atoms with Crippen LogP contribution in [0.25, 0.3) is 0 Å². The molecule has 0 radical (unpaired) electrons. The summed E-state index contributed by atoms with van der Waals surface area (Å²) in [7, 11) is -8.15. The lowest BCUT2D eigenvalue weighted by atomic mass is 10.2. The van der Waals surface area contributed by atoms with E-state index in [1.807, 2.05) is 0 Å². The third kappa shape index (κ3) is 5.48. The van der Waals surface area contributed by atoms with Crippen LogP contribution >= 0.6 is 0 Å². The van der Waals surface area contributed by atoms with Crippen molar-refractivity contribution in [1.29, 1.82) is 0 Å². The first-order valence-electron chi connectivity index (χ1n) is 7.29. The molecule has 2 rings (SSSR count). The quantitative estimate of drug-likeness (QED) is 0.689. The van der Waals surface area contributed by atoms with Crippen LogP contribution in [0.15, 0.2) is 52.3 Å². The molecule has 0 aliphatic rings. The van der Waals surface area contributed by atoms with E-state index in [0.29, 0.717) is 11.6 Å². The number of nitrogens with two attached hydrogens (primary N) is 1. The van der Waals surface area contributed by atoms with Crippen LogP contribution in [0.2, 0.25) is 0 Å². The van der Waals surface area contributed by atoms with E-state index in [1.165, 1.54) is 24.3 Å². The molecule has 0 saturated carbocycles. The van der Waals surface area contributed by atoms with Gasteiger partial charge in [0.2, 0.25) is 20.0 Å². The number of benzene rings is 2. The van der Waals surface area contributed by atoms with Crippen LogP contribution in [0.3, 0.4) is 0 Å². The van der Waals surface area contributed by atoms with Gasteiger partial charge in [-0.25, -0.2) is 31.1 Å². The molecule has 0 bridgehead atoms. The van der Waals surface area contributed by atoms with Gasteiger partial charge in [-0.05, 0) is 42.3 Å². The number of hydrogen-bond donors (Lipinski definition) is 2. The Kier molecular flexibility index (Phi) is 5.94. The Labute approximate surface area is 153 Å². The standard InChI is InChI=1S/C15H14F4N2O4S2/c16-14-6-5-12(9-13(14)15(17,18)19)27(24,25)21-8-7-10-1-3-11(4-2-10)26(20,22)23/h1-6,9,21H,7-8H2,(H2,20,22,23). The number of nitrogens with one attached hydrogen (secondary N) is 1. The predicted molar refractivity (Wildman–Crippen MR) is 88.1 cm³/mol. The van der Waals surface area contributed by atoms with Gasteiger partial charge in [0.15, 0.2) is 0 Å². The number of sulfonamides is 2. The number of primary sulfonamides is 1. The Morgan fingerprint density at radius 2 is 1.48 bits per heavy atom. The van der Waals surface area contributed by atoms with E-state index in [-0.39, 0.29) is 23.9 Å². The van der Waals surface area contributed by atoms with E-state index < -0.39 is 42.5 Å². The molecule has 0 aromatic heterocycles. The monoisotopic (exact) mass is 426 g/mol. The summed E-state index contributed by atoms with van der Waals surface area (Å²) in [6.45, 7) is -0.171. The Hall–Kier alpha value is -2.02. The van der Waals surface area contributed by atoms with Crippen LogP contribution in [0.1, 0.15) is 11.1 Å². The normalized spacial score (nSPS) is 12.9. The first kappa shape index (κ1) is 21.3. The zero-order chi connectivity index (χ0) is 20.5. The third-order valence-electron chi connectivity index (χ3n) is 3.51. The lowest BCUT2D eigenvalue weighted by molar-refractivity contribution is -0.140. The Morgan fingerprint density at radius 3 is 2.00 bits per heavy atom. The molecule has 27 heavy (non-hydrogen) atoms. The highest BCUT2D eigenvalue weighted by Crippen LogP contribution is 2.32. The summed E-state index contributed by atoms with van der Waals surface area (Å²) < 4.78 is 100.0. The zero-order valence-electron chi connectivity index (χ0n) is 13.5. The largest absolute Gasteiger partial charge is 0.419 e. The van der Waals surface area contributed by atoms with E-state index in [1.54, 1.807) is 0 Å². The first-order chi connectivity index (χ1) is 12.3. The van der Waals surface area contributed by atoms with Gasteiger partial charge in [-0.1, -0.05) is 12.1 Å². The van der Waals surface area contributed by atoms with Gasteiger partial charge in [0.05, 0.1) is 15.4 Å². The minimum absolute atomic E-state index is 0.113. The van der Waals surface area contributed by atoms with Gasteiger partial charge in [0, 0.05) is 6.54 Å². The van der Waals surface area contributed by atoms with Gasteiger partial charge in [0.25, 0.3) is 0 Å². The molecule has 0 heterocycles. The molecule has 0 amide bonds. The molecule has 0 saturated heterocycles. The average Bonchev–Trinajstić information content (AvgIpc) is 2.53. The Morgan fingerprint density at radius 1 is 0.926 bits per heavy atom. The summed E-state index contributed by atoms with van der Waals surface area (Å²) in [5, 5.41) is 4.96. The van der Waals surface area contributed by atoms with Gasteiger partial charge in [-0.15, -0.1) is 0 Å². The van der Waals surface area contributed by atoms with Gasteiger partial charge in [0.1, 0.15) is 5.82 Å². The number of rotatable bonds is 6. The highest BCUT2D eigenvalue weighted by Gasteiger charge is 2.35. The minimum atomic E-state index is -5.03. The maximum atomic E-state index is 13.3. The third-order valence-corrected chi connectivity index (χ3v) is 5.90. The van der Waals surface area contributed by atoms with Crippen LogP contribution in [0.4, 0.5) is 17.6 Å². The lowest BCUT2D eigenvalue weighted by Crippen LogP contribution is -2.26. The molecule has 2 aromatic rings. The molecule has 3 N–H and O–H groups in total. The molecule has 0 aliphatic carbocycles. The molecule has 6 nitrogen and oxygen atoms in total. The van der Waals surface area contributed by atoms with E-state index >= 15 is 0 Å². The predicted octanol–water partition coefficient (Wildman–Crippen LogP) is 2.01. The number of alkyl halides is 3. The molecule has 12 heteroatoms. The van der Waals surface area contributed by atoms with Crippen molar-refractivity contribution in [2.45, 2.75) is 22.4 Å². The highest BCUT2D eigenvalue weighted by molar-refractivity contribution is 7.89. The smallest absolute Gasteiger partial charge is 0.225 e. The first-order valence-corrected chi connectivity index (χ1v) is 10.3. The molecular weight excluding hydrogens is 412 g/mol. The van der Waals surface area contributed by atoms with Crippen molar-refractivity contribution >= 4 is 20.0 Å². The molecule has 0 fully saturated rings. The maximum absolute atomic E-state index is 13.3. The van der Waals surface area contributed by atoms with Crippen molar-refractivity contribution in [3.05, 3.63) is 59.4 Å². The van der Waals surface area contributed by atoms with Gasteiger partial charge < -0.3 is 0 Å². The fourth-order valence-electron chi connectivity index (χ4n) is 2.15. The van der Waals surface area contributed by atoms with Crippen LogP contribution in [0, 0.1) is 5.82 Å². The van der Waals surface area contributed by atoms with Crippen LogP contribution in [-0.4, -0.2) is 23.4 Å². The second-order valence-corrected chi connectivity index (χ2v) is 8.80. The van der Waals surface area contributed by atoms with E-state index in [4.69, 9.17) is 5.14 Å². The number of hydrogen-bond acceptors (Lipinski definition) is 4. The topological polar surface area (TPSA) is 106 Å². The summed E-state index contributed by atoms with van der Waals surface area (Å²) in [4.78, 5) is -0.835. The molecule has 148 valence electrons. The molecule has 0 atom stereocenters. The van der Waals surface area contributed by atoms with Crippen molar-refractivity contribution in [1.82, 2.24) is 4.72 Å². The Balaban J connectivity index is 2.09. The second kappa shape index (κ2) is 7.54. The van der Waals surface area contributed by atoms with Crippen LogP contribution < -0.4 is 9.86 Å². The maximum Gasteiger partial charge on any atom is 0.419 e. The fourth-order valence-corrected chi connectivity index (χ4v) is 3.72. The van der Waals surface area contributed by atoms with Crippen molar-refractivity contribution in [2.75, 3.05) is 6.54 Å². The summed E-state index contributed by atoms with van der Waals surface area (Å²) in [6, 6.07) is 6.72. The van der Waals surface area contributed by atoms with Crippen molar-refractivity contribution in [3.8, 4) is 0 Å². The molecule has 0 aliphatic heterocycles. The van der Waals surface area contributed by atoms with E-state index in [9.17, 15) is 34.4 Å². The molecular formula is C15H14F4N2O4S2. The fraction of sp³-hybridized carbons (Fsp3) is 0.200. The van der Waals surface area contributed by atoms with Crippen LogP contribution in [0.5, 0.6) is 0 Å². The summed E-state index contributed by atoms with van der Waals surface area (Å²) in [5.74, 6) is -1.57. The average molecular weight is 426 g/mol. The summed E-state index contributed by atoms with van der Waals surface area (Å²) in [6.07, 6.45) is -4.89. The van der Waals surface area contributed by atoms with Crippen molar-refractivity contribution in [3.63, 3.8) is 0 Å².